The van der Waals surface area contributed by atoms with Gasteiger partial charge in [0.1, 0.15) is 0 Å². The number of nitrogens with one attached hydrogen (secondary N) is 1. The molecule has 6 nitrogen and oxygen atoms in total. The fraction of sp³-hybridized carbons (Fsp3) is 0.611. The van der Waals surface area contributed by atoms with E-state index in [-0.39, 0.29) is 41.2 Å². The highest BCUT2D eigenvalue weighted by Crippen LogP contribution is 2.27. The Kier molecular flexibility index (Phi) is 8.53. The zero-order valence-corrected chi connectivity index (χ0v) is 17.3. The quantitative estimate of drug-likeness (QED) is 0.763. The van der Waals surface area contributed by atoms with E-state index in [0.717, 1.165) is 25.7 Å². The van der Waals surface area contributed by atoms with Crippen LogP contribution in [0.4, 0.5) is 5.69 Å². The number of carbonyl (C=O) groups is 1. The van der Waals surface area contributed by atoms with Gasteiger partial charge < -0.3 is 11.1 Å². The molecule has 1 saturated carbocycles. The van der Waals surface area contributed by atoms with E-state index in [1.807, 2.05) is 0 Å². The van der Waals surface area contributed by atoms with Gasteiger partial charge in [0.15, 0.2) is 0 Å². The number of hydrogen-bond donors (Lipinski definition) is 2. The Morgan fingerprint density at radius 1 is 1.23 bits per heavy atom. The standard InChI is InChI=1S/C18H29N3O3S.ClH/c1-13(14(2)19)18(22)20-15-8-7-11-17(12-15)25(23,24)21(3)16-9-5-4-6-10-16;/h7-8,11-14,16H,4-6,9-10,19H2,1-3H3,(H,20,22);1H. The molecule has 26 heavy (non-hydrogen) atoms. The summed E-state index contributed by atoms with van der Waals surface area (Å²) >= 11 is 0. The molecule has 1 aliphatic carbocycles. The summed E-state index contributed by atoms with van der Waals surface area (Å²) in [6.45, 7) is 3.52. The molecule has 0 saturated heterocycles. The van der Waals surface area contributed by atoms with E-state index < -0.39 is 10.0 Å². The fourth-order valence-corrected chi connectivity index (χ4v) is 4.50. The maximum atomic E-state index is 12.9. The van der Waals surface area contributed by atoms with Gasteiger partial charge in [-0.3, -0.25) is 4.79 Å². The average Bonchev–Trinajstić information content (AvgIpc) is 2.61. The summed E-state index contributed by atoms with van der Waals surface area (Å²) in [5.74, 6) is -0.574. The molecule has 2 atom stereocenters. The number of rotatable bonds is 6. The Labute approximate surface area is 163 Å². The molecule has 1 aromatic rings. The van der Waals surface area contributed by atoms with Crippen LogP contribution in [0.1, 0.15) is 46.0 Å². The van der Waals surface area contributed by atoms with Crippen molar-refractivity contribution in [2.75, 3.05) is 12.4 Å². The number of sulfonamides is 1. The average molecular weight is 404 g/mol. The Morgan fingerprint density at radius 3 is 2.42 bits per heavy atom. The number of anilines is 1. The Balaban J connectivity index is 0.00000338. The number of nitrogens with zero attached hydrogens (tertiary/aromatic N) is 1. The van der Waals surface area contributed by atoms with Gasteiger partial charge in [-0.2, -0.15) is 4.31 Å². The molecule has 1 fully saturated rings. The first-order valence-electron chi connectivity index (χ1n) is 8.88. The van der Waals surface area contributed by atoms with Crippen LogP contribution in [0.3, 0.4) is 0 Å². The van der Waals surface area contributed by atoms with Crippen LogP contribution in [-0.4, -0.2) is 37.8 Å². The van der Waals surface area contributed by atoms with Crippen molar-refractivity contribution in [3.05, 3.63) is 24.3 Å². The minimum Gasteiger partial charge on any atom is -0.327 e. The highest BCUT2D eigenvalue weighted by Gasteiger charge is 2.29. The predicted octanol–water partition coefficient (Wildman–Crippen LogP) is 2.98. The van der Waals surface area contributed by atoms with Gasteiger partial charge in [0.2, 0.25) is 15.9 Å². The second-order valence-corrected chi connectivity index (χ2v) is 8.98. The third-order valence-corrected chi connectivity index (χ3v) is 6.98. The molecule has 0 heterocycles. The van der Waals surface area contributed by atoms with Gasteiger partial charge in [-0.05, 0) is 38.0 Å². The van der Waals surface area contributed by atoms with E-state index in [2.05, 4.69) is 5.32 Å². The highest BCUT2D eigenvalue weighted by atomic mass is 35.5. The summed E-state index contributed by atoms with van der Waals surface area (Å²) in [5, 5.41) is 2.75. The summed E-state index contributed by atoms with van der Waals surface area (Å²) in [7, 11) is -1.93. The van der Waals surface area contributed by atoms with Gasteiger partial charge in [-0.25, -0.2) is 8.42 Å². The molecule has 8 heteroatoms. The third-order valence-electron chi connectivity index (χ3n) is 5.07. The van der Waals surface area contributed by atoms with E-state index in [4.69, 9.17) is 5.73 Å². The molecule has 148 valence electrons. The number of nitrogens with two attached hydrogens (primary N) is 1. The van der Waals surface area contributed by atoms with Crippen molar-refractivity contribution in [1.29, 1.82) is 0 Å². The van der Waals surface area contributed by atoms with Crippen LogP contribution >= 0.6 is 12.4 Å². The summed E-state index contributed by atoms with van der Waals surface area (Å²) in [4.78, 5) is 12.3. The molecule has 0 aromatic heterocycles. The summed E-state index contributed by atoms with van der Waals surface area (Å²) in [6, 6.07) is 6.19. The van der Waals surface area contributed by atoms with Crippen LogP contribution in [0, 0.1) is 5.92 Å². The minimum atomic E-state index is -3.58. The lowest BCUT2D eigenvalue weighted by atomic mass is 9.96. The topological polar surface area (TPSA) is 92.5 Å². The van der Waals surface area contributed by atoms with Crippen molar-refractivity contribution >= 4 is 34.0 Å². The van der Waals surface area contributed by atoms with E-state index in [9.17, 15) is 13.2 Å². The molecule has 2 unspecified atom stereocenters. The number of carbonyl (C=O) groups excluding carboxylic acids is 1. The normalized spacial score (nSPS) is 18.0. The second kappa shape index (κ2) is 9.69. The van der Waals surface area contributed by atoms with Crippen molar-refractivity contribution in [2.24, 2.45) is 11.7 Å². The van der Waals surface area contributed by atoms with Crippen molar-refractivity contribution in [1.82, 2.24) is 4.31 Å². The Morgan fingerprint density at radius 2 is 1.85 bits per heavy atom. The molecule has 1 aromatic carbocycles. The van der Waals surface area contributed by atoms with Gasteiger partial charge in [0, 0.05) is 24.8 Å². The van der Waals surface area contributed by atoms with Crippen molar-refractivity contribution in [3.63, 3.8) is 0 Å². The first-order chi connectivity index (χ1) is 11.7. The van der Waals surface area contributed by atoms with E-state index >= 15 is 0 Å². The van der Waals surface area contributed by atoms with Crippen LogP contribution < -0.4 is 11.1 Å². The molecular formula is C18H30ClN3O3S. The molecule has 0 spiro atoms. The minimum absolute atomic E-state index is 0. The first-order valence-corrected chi connectivity index (χ1v) is 10.3. The Bertz CT molecular complexity index is 703. The van der Waals surface area contributed by atoms with Crippen LogP contribution in [0.5, 0.6) is 0 Å². The molecular weight excluding hydrogens is 374 g/mol. The first kappa shape index (κ1) is 22.9. The molecule has 2 rings (SSSR count). The number of halogens is 1. The number of hydrogen-bond acceptors (Lipinski definition) is 4. The molecule has 1 amide bonds. The number of amides is 1. The van der Waals surface area contributed by atoms with Crippen LogP contribution in [0.25, 0.3) is 0 Å². The largest absolute Gasteiger partial charge is 0.327 e. The lowest BCUT2D eigenvalue weighted by Crippen LogP contribution is -2.38. The fourth-order valence-electron chi connectivity index (χ4n) is 3.04. The zero-order chi connectivity index (χ0) is 18.6. The van der Waals surface area contributed by atoms with Crippen molar-refractivity contribution in [2.45, 2.75) is 62.9 Å². The van der Waals surface area contributed by atoms with E-state index in [0.29, 0.717) is 5.69 Å². The highest BCUT2D eigenvalue weighted by molar-refractivity contribution is 7.89. The van der Waals surface area contributed by atoms with Crippen LogP contribution in [-0.2, 0) is 14.8 Å². The SMILES string of the molecule is CC(N)C(C)C(=O)Nc1cccc(S(=O)(=O)N(C)C2CCCCC2)c1.Cl. The van der Waals surface area contributed by atoms with Crippen LogP contribution in [0.15, 0.2) is 29.2 Å². The summed E-state index contributed by atoms with van der Waals surface area (Å²) < 4.78 is 27.3. The zero-order valence-electron chi connectivity index (χ0n) is 15.6. The van der Waals surface area contributed by atoms with Crippen LogP contribution in [0.2, 0.25) is 0 Å². The second-order valence-electron chi connectivity index (χ2n) is 6.98. The van der Waals surface area contributed by atoms with E-state index in [1.54, 1.807) is 39.1 Å². The monoisotopic (exact) mass is 403 g/mol. The third kappa shape index (κ3) is 5.42. The number of benzene rings is 1. The molecule has 0 aliphatic heterocycles. The van der Waals surface area contributed by atoms with E-state index in [1.165, 1.54) is 16.8 Å². The summed E-state index contributed by atoms with van der Waals surface area (Å²) in [6.07, 6.45) is 5.10. The molecule has 0 bridgehead atoms. The molecule has 1 aliphatic rings. The van der Waals surface area contributed by atoms with Gasteiger partial charge in [-0.1, -0.05) is 32.3 Å². The lowest BCUT2D eigenvalue weighted by Gasteiger charge is -2.30. The maximum Gasteiger partial charge on any atom is 0.243 e. The van der Waals surface area contributed by atoms with Crippen molar-refractivity contribution in [3.8, 4) is 0 Å². The van der Waals surface area contributed by atoms with Gasteiger partial charge in [0.05, 0.1) is 10.8 Å². The molecule has 0 radical (unpaired) electrons. The van der Waals surface area contributed by atoms with Gasteiger partial charge >= 0.3 is 0 Å². The van der Waals surface area contributed by atoms with Crippen molar-refractivity contribution < 1.29 is 13.2 Å². The Hall–Kier alpha value is -1.15. The summed E-state index contributed by atoms with van der Waals surface area (Å²) in [5.41, 5.74) is 6.22. The maximum absolute atomic E-state index is 12.9. The predicted molar refractivity (Wildman–Crippen MR) is 107 cm³/mol. The van der Waals surface area contributed by atoms with Gasteiger partial charge in [0.25, 0.3) is 0 Å². The molecule has 3 N–H and O–H groups in total. The van der Waals surface area contributed by atoms with Gasteiger partial charge in [-0.15, -0.1) is 12.4 Å². The smallest absolute Gasteiger partial charge is 0.243 e. The lowest BCUT2D eigenvalue weighted by molar-refractivity contribution is -0.119.